The van der Waals surface area contributed by atoms with E-state index in [0.717, 1.165) is 38.5 Å². The van der Waals surface area contributed by atoms with Crippen LogP contribution in [0.3, 0.4) is 0 Å². The third kappa shape index (κ3) is 62.1. The van der Waals surface area contributed by atoms with E-state index in [1.807, 2.05) is 0 Å². The zero-order chi connectivity index (χ0) is 55.0. The van der Waals surface area contributed by atoms with E-state index in [1.54, 1.807) is 0 Å². The van der Waals surface area contributed by atoms with Crippen LogP contribution in [0.5, 0.6) is 0 Å². The van der Waals surface area contributed by atoms with Crippen molar-refractivity contribution in [3.63, 3.8) is 0 Å². The standard InChI is InChI=1S/C70H139NO5/c1-3-5-7-9-11-13-15-17-19-21-23-27-30-34-38-42-46-50-54-58-62-68(73)67(66-72)71-69(74)63-59-55-51-47-43-39-35-31-28-25-24-26-29-33-37-41-45-49-53-57-61-65-76-70(75)64-60-56-52-48-44-40-36-32-22-20-18-16-14-12-10-8-6-4-2/h67-68,72-73H,3-66H2,1-2H3,(H,71,74). The van der Waals surface area contributed by atoms with Gasteiger partial charge in [-0.25, -0.2) is 0 Å². The molecule has 0 aliphatic carbocycles. The molecular weight excluding hydrogens is 935 g/mol. The van der Waals surface area contributed by atoms with Crippen LogP contribution in [-0.4, -0.2) is 47.4 Å². The van der Waals surface area contributed by atoms with Crippen molar-refractivity contribution < 1.29 is 24.5 Å². The molecule has 0 radical (unpaired) electrons. The number of aliphatic hydroxyl groups excluding tert-OH is 2. The van der Waals surface area contributed by atoms with Crippen molar-refractivity contribution in [3.05, 3.63) is 0 Å². The minimum absolute atomic E-state index is 0.0180. The molecule has 0 saturated carbocycles. The summed E-state index contributed by atoms with van der Waals surface area (Å²) in [4.78, 5) is 24.7. The summed E-state index contributed by atoms with van der Waals surface area (Å²) in [5.41, 5.74) is 0. The van der Waals surface area contributed by atoms with Crippen molar-refractivity contribution in [1.82, 2.24) is 5.32 Å². The molecule has 0 saturated heterocycles. The van der Waals surface area contributed by atoms with E-state index < -0.39 is 12.1 Å². The Morgan fingerprint density at radius 2 is 0.539 bits per heavy atom. The summed E-state index contributed by atoms with van der Waals surface area (Å²) >= 11 is 0. The fraction of sp³-hybridized carbons (Fsp3) is 0.971. The number of esters is 1. The van der Waals surface area contributed by atoms with Crippen LogP contribution in [0.1, 0.15) is 412 Å². The van der Waals surface area contributed by atoms with E-state index in [9.17, 15) is 19.8 Å². The van der Waals surface area contributed by atoms with Crippen LogP contribution in [0.25, 0.3) is 0 Å². The number of amides is 1. The lowest BCUT2D eigenvalue weighted by atomic mass is 10.0. The molecule has 0 spiro atoms. The monoisotopic (exact) mass is 1070 g/mol. The topological polar surface area (TPSA) is 95.9 Å². The number of hydrogen-bond acceptors (Lipinski definition) is 5. The van der Waals surface area contributed by atoms with Gasteiger partial charge in [-0.05, 0) is 25.7 Å². The van der Waals surface area contributed by atoms with E-state index in [0.29, 0.717) is 25.9 Å². The number of carbonyl (C=O) groups is 2. The van der Waals surface area contributed by atoms with Gasteiger partial charge < -0.3 is 20.3 Å². The van der Waals surface area contributed by atoms with Gasteiger partial charge in [-0.2, -0.15) is 0 Å². The van der Waals surface area contributed by atoms with Gasteiger partial charge in [0.15, 0.2) is 0 Å². The first-order valence-electron chi connectivity index (χ1n) is 35.3. The molecule has 1 amide bonds. The van der Waals surface area contributed by atoms with Crippen molar-refractivity contribution in [3.8, 4) is 0 Å². The fourth-order valence-electron chi connectivity index (χ4n) is 11.5. The summed E-state index contributed by atoms with van der Waals surface area (Å²) in [7, 11) is 0. The second kappa shape index (κ2) is 66.4. The van der Waals surface area contributed by atoms with Gasteiger partial charge in [-0.15, -0.1) is 0 Å². The molecule has 0 heterocycles. The van der Waals surface area contributed by atoms with Gasteiger partial charge in [0.05, 0.1) is 25.4 Å². The minimum Gasteiger partial charge on any atom is -0.466 e. The summed E-state index contributed by atoms with van der Waals surface area (Å²) in [5, 5.41) is 23.4. The predicted molar refractivity (Wildman–Crippen MR) is 334 cm³/mol. The van der Waals surface area contributed by atoms with Crippen LogP contribution >= 0.6 is 0 Å². The summed E-state index contributed by atoms with van der Waals surface area (Å²) in [5.74, 6) is -0.0126. The highest BCUT2D eigenvalue weighted by Crippen LogP contribution is 2.20. The molecule has 0 aromatic rings. The fourth-order valence-corrected chi connectivity index (χ4v) is 11.5. The molecule has 2 atom stereocenters. The van der Waals surface area contributed by atoms with Gasteiger partial charge in [-0.3, -0.25) is 9.59 Å². The largest absolute Gasteiger partial charge is 0.466 e. The second-order valence-corrected chi connectivity index (χ2v) is 24.6. The molecule has 0 aromatic heterocycles. The average molecular weight is 1070 g/mol. The number of carbonyl (C=O) groups excluding carboxylic acids is 2. The zero-order valence-electron chi connectivity index (χ0n) is 52.0. The number of nitrogens with one attached hydrogen (secondary N) is 1. The Labute approximate surface area is 476 Å². The van der Waals surface area contributed by atoms with E-state index in [-0.39, 0.29) is 18.5 Å². The second-order valence-electron chi connectivity index (χ2n) is 24.6. The number of rotatable bonds is 67. The lowest BCUT2D eigenvalue weighted by molar-refractivity contribution is -0.143. The molecule has 6 nitrogen and oxygen atoms in total. The molecule has 0 rings (SSSR count). The maximum atomic E-state index is 12.5. The Hall–Kier alpha value is -1.14. The number of hydrogen-bond donors (Lipinski definition) is 3. The van der Waals surface area contributed by atoms with Gasteiger partial charge in [0.2, 0.25) is 5.91 Å². The molecular formula is C70H139NO5. The molecule has 0 fully saturated rings. The van der Waals surface area contributed by atoms with E-state index in [4.69, 9.17) is 4.74 Å². The van der Waals surface area contributed by atoms with Crippen LogP contribution in [0.4, 0.5) is 0 Å². The van der Waals surface area contributed by atoms with Gasteiger partial charge in [0.1, 0.15) is 0 Å². The maximum absolute atomic E-state index is 12.5. The lowest BCUT2D eigenvalue weighted by Gasteiger charge is -2.22. The summed E-state index contributed by atoms with van der Waals surface area (Å²) in [6, 6.07) is -0.542. The normalized spacial score (nSPS) is 12.4. The highest BCUT2D eigenvalue weighted by Gasteiger charge is 2.20. The third-order valence-corrected chi connectivity index (χ3v) is 16.9. The van der Waals surface area contributed by atoms with Crippen LogP contribution in [0.15, 0.2) is 0 Å². The summed E-state index contributed by atoms with van der Waals surface area (Å²) < 4.78 is 5.51. The lowest BCUT2D eigenvalue weighted by Crippen LogP contribution is -2.45. The van der Waals surface area contributed by atoms with E-state index in [2.05, 4.69) is 19.2 Å². The van der Waals surface area contributed by atoms with Gasteiger partial charge in [-0.1, -0.05) is 373 Å². The average Bonchev–Trinajstić information content (AvgIpc) is 3.42. The molecule has 3 N–H and O–H groups in total. The van der Waals surface area contributed by atoms with E-state index in [1.165, 1.54) is 340 Å². The Balaban J connectivity index is 3.36. The van der Waals surface area contributed by atoms with E-state index >= 15 is 0 Å². The first-order valence-corrected chi connectivity index (χ1v) is 35.3. The van der Waals surface area contributed by atoms with Crippen molar-refractivity contribution in [2.75, 3.05) is 13.2 Å². The van der Waals surface area contributed by atoms with Crippen molar-refractivity contribution in [2.45, 2.75) is 424 Å². The number of aliphatic hydroxyl groups is 2. The molecule has 0 aliphatic heterocycles. The number of ether oxygens (including phenoxy) is 1. The van der Waals surface area contributed by atoms with Crippen LogP contribution in [-0.2, 0) is 14.3 Å². The molecule has 0 aromatic carbocycles. The quantitative estimate of drug-likeness (QED) is 0.0417. The highest BCUT2D eigenvalue weighted by molar-refractivity contribution is 5.76. The molecule has 0 aliphatic rings. The zero-order valence-corrected chi connectivity index (χ0v) is 52.0. The highest BCUT2D eigenvalue weighted by atomic mass is 16.5. The maximum Gasteiger partial charge on any atom is 0.305 e. The molecule has 0 bridgehead atoms. The summed E-state index contributed by atoms with van der Waals surface area (Å²) in [6.07, 6.45) is 80.0. The van der Waals surface area contributed by atoms with Gasteiger partial charge >= 0.3 is 5.97 Å². The first kappa shape index (κ1) is 74.9. The minimum atomic E-state index is -0.665. The third-order valence-electron chi connectivity index (χ3n) is 16.9. The Morgan fingerprint density at radius 1 is 0.316 bits per heavy atom. The van der Waals surface area contributed by atoms with Crippen LogP contribution in [0.2, 0.25) is 0 Å². The van der Waals surface area contributed by atoms with Gasteiger partial charge in [0, 0.05) is 12.8 Å². The Bertz CT molecular complexity index is 1100. The van der Waals surface area contributed by atoms with Crippen LogP contribution in [0, 0.1) is 0 Å². The molecule has 6 heteroatoms. The first-order chi connectivity index (χ1) is 37.5. The van der Waals surface area contributed by atoms with Crippen molar-refractivity contribution in [1.29, 1.82) is 0 Å². The van der Waals surface area contributed by atoms with Crippen LogP contribution < -0.4 is 5.32 Å². The SMILES string of the molecule is CCCCCCCCCCCCCCCCCCCCCCC(O)C(CO)NC(=O)CCCCCCCCCCCCCCCCCCCCCCCOC(=O)CCCCCCCCCCCCCCCCCCCC. The Morgan fingerprint density at radius 3 is 0.803 bits per heavy atom. The van der Waals surface area contributed by atoms with Crippen molar-refractivity contribution in [2.24, 2.45) is 0 Å². The van der Waals surface area contributed by atoms with Gasteiger partial charge in [0.25, 0.3) is 0 Å². The molecule has 2 unspecified atom stereocenters. The number of unbranched alkanes of at least 4 members (excludes halogenated alkanes) is 56. The molecule has 76 heavy (non-hydrogen) atoms. The van der Waals surface area contributed by atoms with Crippen molar-refractivity contribution >= 4 is 11.9 Å². The smallest absolute Gasteiger partial charge is 0.305 e. The molecule has 454 valence electrons. The summed E-state index contributed by atoms with van der Waals surface area (Å²) in [6.45, 7) is 5.00. The Kier molecular flexibility index (Phi) is 65.4. The predicted octanol–water partition coefficient (Wildman–Crippen LogP) is 22.6.